The molecule has 0 saturated carbocycles. The number of carbonyl (C=O) groups is 2. The summed E-state index contributed by atoms with van der Waals surface area (Å²) in [5, 5.41) is 7.44. The predicted octanol–water partition coefficient (Wildman–Crippen LogP) is 2.40. The van der Waals surface area contributed by atoms with Gasteiger partial charge in [0.05, 0.1) is 6.54 Å². The minimum Gasteiger partial charge on any atom is -0.334 e. The maximum absolute atomic E-state index is 12.7. The zero-order valence-electron chi connectivity index (χ0n) is 12.1. The lowest BCUT2D eigenvalue weighted by atomic mass is 10.2. The van der Waals surface area contributed by atoms with Crippen LogP contribution in [0.25, 0.3) is 0 Å². The highest BCUT2D eigenvalue weighted by atomic mass is 19.1. The highest BCUT2D eigenvalue weighted by Gasteiger charge is 2.06. The minimum atomic E-state index is -0.524. The SMILES string of the molecule is O=C(CNC(=O)NCc1ccc(F)cc1)Nc1ccc(F)cc1. The lowest BCUT2D eigenvalue weighted by Gasteiger charge is -2.08. The number of hydrogen-bond donors (Lipinski definition) is 3. The molecule has 0 bridgehead atoms. The molecule has 0 heterocycles. The molecule has 0 aliphatic heterocycles. The number of urea groups is 1. The van der Waals surface area contributed by atoms with E-state index >= 15 is 0 Å². The fraction of sp³-hybridized carbons (Fsp3) is 0.125. The first-order chi connectivity index (χ1) is 11.0. The van der Waals surface area contributed by atoms with Gasteiger partial charge in [-0.25, -0.2) is 13.6 Å². The van der Waals surface area contributed by atoms with E-state index in [1.165, 1.54) is 36.4 Å². The summed E-state index contributed by atoms with van der Waals surface area (Å²) in [4.78, 5) is 23.2. The van der Waals surface area contributed by atoms with E-state index in [9.17, 15) is 18.4 Å². The second kappa shape index (κ2) is 7.88. The Morgan fingerprint density at radius 2 is 1.39 bits per heavy atom. The van der Waals surface area contributed by atoms with E-state index in [0.717, 1.165) is 5.56 Å². The van der Waals surface area contributed by atoms with Gasteiger partial charge in [0.25, 0.3) is 0 Å². The zero-order chi connectivity index (χ0) is 16.7. The number of carbonyl (C=O) groups excluding carboxylic acids is 2. The van der Waals surface area contributed by atoms with Crippen molar-refractivity contribution in [3.05, 3.63) is 65.7 Å². The number of nitrogens with one attached hydrogen (secondary N) is 3. The average Bonchev–Trinajstić information content (AvgIpc) is 2.54. The first kappa shape index (κ1) is 16.4. The molecule has 120 valence electrons. The maximum atomic E-state index is 12.7. The normalized spacial score (nSPS) is 10.0. The van der Waals surface area contributed by atoms with Crippen LogP contribution in [0.3, 0.4) is 0 Å². The summed E-state index contributed by atoms with van der Waals surface area (Å²) >= 11 is 0. The summed E-state index contributed by atoms with van der Waals surface area (Å²) in [6.45, 7) is -0.0156. The van der Waals surface area contributed by atoms with Gasteiger partial charge in [0.15, 0.2) is 0 Å². The summed E-state index contributed by atoms with van der Waals surface area (Å²) < 4.78 is 25.5. The fourth-order valence-electron chi connectivity index (χ4n) is 1.75. The van der Waals surface area contributed by atoms with Gasteiger partial charge >= 0.3 is 6.03 Å². The van der Waals surface area contributed by atoms with Crippen molar-refractivity contribution < 1.29 is 18.4 Å². The minimum absolute atomic E-state index is 0.214. The summed E-state index contributed by atoms with van der Waals surface area (Å²) in [5.74, 6) is -1.19. The van der Waals surface area contributed by atoms with E-state index in [4.69, 9.17) is 0 Å². The first-order valence-corrected chi connectivity index (χ1v) is 6.84. The van der Waals surface area contributed by atoms with E-state index < -0.39 is 17.8 Å². The highest BCUT2D eigenvalue weighted by Crippen LogP contribution is 2.07. The zero-order valence-corrected chi connectivity index (χ0v) is 12.1. The van der Waals surface area contributed by atoms with Crippen molar-refractivity contribution in [3.63, 3.8) is 0 Å². The third kappa shape index (κ3) is 5.74. The molecule has 3 N–H and O–H groups in total. The van der Waals surface area contributed by atoms with E-state index in [-0.39, 0.29) is 18.9 Å². The van der Waals surface area contributed by atoms with Crippen molar-refractivity contribution >= 4 is 17.6 Å². The molecule has 0 saturated heterocycles. The Morgan fingerprint density at radius 1 is 0.826 bits per heavy atom. The summed E-state index contributed by atoms with van der Waals surface area (Å²) in [5.41, 5.74) is 1.17. The Labute approximate surface area is 131 Å². The number of benzene rings is 2. The smallest absolute Gasteiger partial charge is 0.315 e. The molecule has 0 spiro atoms. The molecule has 0 atom stereocenters. The number of anilines is 1. The lowest BCUT2D eigenvalue weighted by Crippen LogP contribution is -2.39. The Hall–Kier alpha value is -2.96. The van der Waals surface area contributed by atoms with Gasteiger partial charge in [-0.2, -0.15) is 0 Å². The summed E-state index contributed by atoms with van der Waals surface area (Å²) in [6.07, 6.45) is 0. The maximum Gasteiger partial charge on any atom is 0.315 e. The van der Waals surface area contributed by atoms with Crippen LogP contribution >= 0.6 is 0 Å². The molecule has 2 aromatic rings. The van der Waals surface area contributed by atoms with Gasteiger partial charge in [0.2, 0.25) is 5.91 Å². The van der Waals surface area contributed by atoms with Crippen LogP contribution in [0.4, 0.5) is 19.3 Å². The molecule has 2 rings (SSSR count). The monoisotopic (exact) mass is 319 g/mol. The van der Waals surface area contributed by atoms with Crippen molar-refractivity contribution in [2.24, 2.45) is 0 Å². The quantitative estimate of drug-likeness (QED) is 0.792. The van der Waals surface area contributed by atoms with Crippen LogP contribution in [0.2, 0.25) is 0 Å². The van der Waals surface area contributed by atoms with Crippen LogP contribution in [0.5, 0.6) is 0 Å². The van der Waals surface area contributed by atoms with Crippen molar-refractivity contribution in [3.8, 4) is 0 Å². The molecule has 7 heteroatoms. The van der Waals surface area contributed by atoms with Gasteiger partial charge < -0.3 is 16.0 Å². The van der Waals surface area contributed by atoms with Gasteiger partial charge in [0.1, 0.15) is 11.6 Å². The molecule has 0 radical (unpaired) electrons. The van der Waals surface area contributed by atoms with Crippen molar-refractivity contribution in [2.75, 3.05) is 11.9 Å². The average molecular weight is 319 g/mol. The van der Waals surface area contributed by atoms with E-state index in [2.05, 4.69) is 16.0 Å². The molecule has 0 unspecified atom stereocenters. The van der Waals surface area contributed by atoms with Crippen LogP contribution in [0.15, 0.2) is 48.5 Å². The molecular weight excluding hydrogens is 304 g/mol. The third-order valence-electron chi connectivity index (χ3n) is 2.90. The Morgan fingerprint density at radius 3 is 2.00 bits per heavy atom. The van der Waals surface area contributed by atoms with E-state index in [0.29, 0.717) is 5.69 Å². The predicted molar refractivity (Wildman–Crippen MR) is 81.7 cm³/mol. The Balaban J connectivity index is 1.70. The van der Waals surface area contributed by atoms with Gasteiger partial charge in [-0.15, -0.1) is 0 Å². The molecule has 0 aromatic heterocycles. The van der Waals surface area contributed by atoms with E-state index in [1.807, 2.05) is 0 Å². The number of rotatable bonds is 5. The van der Waals surface area contributed by atoms with Crippen LogP contribution in [-0.4, -0.2) is 18.5 Å². The molecule has 3 amide bonds. The van der Waals surface area contributed by atoms with Crippen molar-refractivity contribution in [1.29, 1.82) is 0 Å². The molecular formula is C16H15F2N3O2. The Kier molecular flexibility index (Phi) is 5.62. The first-order valence-electron chi connectivity index (χ1n) is 6.84. The Bertz CT molecular complexity index is 673. The van der Waals surface area contributed by atoms with Crippen LogP contribution in [0, 0.1) is 11.6 Å². The second-order valence-corrected chi connectivity index (χ2v) is 4.72. The third-order valence-corrected chi connectivity index (χ3v) is 2.90. The standard InChI is InChI=1S/C16H15F2N3O2/c17-12-3-1-11(2-4-12)9-19-16(23)20-10-15(22)21-14-7-5-13(18)6-8-14/h1-8H,9-10H2,(H,21,22)(H2,19,20,23). The molecule has 23 heavy (non-hydrogen) atoms. The lowest BCUT2D eigenvalue weighted by molar-refractivity contribution is -0.115. The molecule has 2 aromatic carbocycles. The van der Waals surface area contributed by atoms with Crippen molar-refractivity contribution in [1.82, 2.24) is 10.6 Å². The second-order valence-electron chi connectivity index (χ2n) is 4.72. The number of amides is 3. The topological polar surface area (TPSA) is 70.2 Å². The molecule has 0 fully saturated rings. The summed E-state index contributed by atoms with van der Waals surface area (Å²) in [7, 11) is 0. The van der Waals surface area contributed by atoms with Gasteiger partial charge in [-0.05, 0) is 42.0 Å². The van der Waals surface area contributed by atoms with Gasteiger partial charge in [0, 0.05) is 12.2 Å². The van der Waals surface area contributed by atoms with E-state index in [1.54, 1.807) is 12.1 Å². The van der Waals surface area contributed by atoms with Crippen LogP contribution < -0.4 is 16.0 Å². The van der Waals surface area contributed by atoms with Crippen LogP contribution in [-0.2, 0) is 11.3 Å². The largest absolute Gasteiger partial charge is 0.334 e. The number of hydrogen-bond acceptors (Lipinski definition) is 2. The van der Waals surface area contributed by atoms with Crippen LogP contribution in [0.1, 0.15) is 5.56 Å². The fourth-order valence-corrected chi connectivity index (χ4v) is 1.75. The highest BCUT2D eigenvalue weighted by molar-refractivity contribution is 5.94. The molecule has 0 aliphatic carbocycles. The summed E-state index contributed by atoms with van der Waals surface area (Å²) in [6, 6.07) is 10.5. The van der Waals surface area contributed by atoms with Gasteiger partial charge in [-0.1, -0.05) is 12.1 Å². The van der Waals surface area contributed by atoms with Crippen molar-refractivity contribution in [2.45, 2.75) is 6.54 Å². The number of halogens is 2. The molecule has 5 nitrogen and oxygen atoms in total. The molecule has 0 aliphatic rings. The van der Waals surface area contributed by atoms with Gasteiger partial charge in [-0.3, -0.25) is 4.79 Å².